The van der Waals surface area contributed by atoms with Crippen molar-refractivity contribution in [2.75, 3.05) is 5.32 Å². The molecule has 6 nitrogen and oxygen atoms in total. The number of fused-ring (bicyclic) bond motifs is 3. The van der Waals surface area contributed by atoms with Crippen molar-refractivity contribution in [3.05, 3.63) is 90.1 Å². The van der Waals surface area contributed by atoms with E-state index in [1.54, 1.807) is 24.7 Å². The predicted molar refractivity (Wildman–Crippen MR) is 102 cm³/mol. The zero-order valence-electron chi connectivity index (χ0n) is 14.3. The van der Waals surface area contributed by atoms with Crippen LogP contribution in [0.1, 0.15) is 21.5 Å². The smallest absolute Gasteiger partial charge is 0.255 e. The lowest BCUT2D eigenvalue weighted by atomic mass is 10.1. The maximum absolute atomic E-state index is 12.7. The molecule has 0 fully saturated rings. The number of amides is 1. The number of carbonyl (C=O) groups excluding carboxylic acids is 1. The number of hydrogen-bond donors (Lipinski definition) is 1. The fourth-order valence-electron chi connectivity index (χ4n) is 3.44. The van der Waals surface area contributed by atoms with Crippen molar-refractivity contribution in [2.45, 2.75) is 6.42 Å². The fraction of sp³-hybridized carbons (Fsp3) is 0.0476. The van der Waals surface area contributed by atoms with Gasteiger partial charge in [0.2, 0.25) is 0 Å². The summed E-state index contributed by atoms with van der Waals surface area (Å²) >= 11 is 0. The van der Waals surface area contributed by atoms with E-state index in [-0.39, 0.29) is 5.91 Å². The van der Waals surface area contributed by atoms with Crippen molar-refractivity contribution in [1.82, 2.24) is 19.7 Å². The molecule has 2 heterocycles. The largest absolute Gasteiger partial charge is 0.322 e. The number of carbonyl (C=O) groups is 1. The summed E-state index contributed by atoms with van der Waals surface area (Å²) in [6.07, 6.45) is 5.45. The highest BCUT2D eigenvalue weighted by molar-refractivity contribution is 6.04. The van der Waals surface area contributed by atoms with Gasteiger partial charge in [-0.25, -0.2) is 14.6 Å². The zero-order valence-corrected chi connectivity index (χ0v) is 14.3. The van der Waals surface area contributed by atoms with E-state index in [0.29, 0.717) is 11.4 Å². The molecule has 1 aliphatic rings. The van der Waals surface area contributed by atoms with Crippen LogP contribution < -0.4 is 5.32 Å². The average molecular weight is 353 g/mol. The molecule has 4 aromatic rings. The molecule has 27 heavy (non-hydrogen) atoms. The molecule has 2 aromatic carbocycles. The van der Waals surface area contributed by atoms with Crippen LogP contribution in [0.2, 0.25) is 0 Å². The molecular weight excluding hydrogens is 338 g/mol. The Morgan fingerprint density at radius 1 is 1.00 bits per heavy atom. The normalized spacial score (nSPS) is 11.7. The van der Waals surface area contributed by atoms with Crippen molar-refractivity contribution in [3.63, 3.8) is 0 Å². The Balaban J connectivity index is 1.39. The van der Waals surface area contributed by atoms with Gasteiger partial charge in [-0.1, -0.05) is 30.3 Å². The van der Waals surface area contributed by atoms with Gasteiger partial charge >= 0.3 is 0 Å². The molecular formula is C21H15N5O. The highest BCUT2D eigenvalue weighted by Gasteiger charge is 2.18. The van der Waals surface area contributed by atoms with Crippen LogP contribution in [0.15, 0.2) is 73.4 Å². The lowest BCUT2D eigenvalue weighted by molar-refractivity contribution is 0.102. The summed E-state index contributed by atoms with van der Waals surface area (Å²) in [7, 11) is 0. The van der Waals surface area contributed by atoms with Crippen LogP contribution in [0.3, 0.4) is 0 Å². The molecule has 0 unspecified atom stereocenters. The number of anilines is 1. The minimum absolute atomic E-state index is 0.186. The molecule has 0 radical (unpaired) electrons. The van der Waals surface area contributed by atoms with Gasteiger partial charge in [0, 0.05) is 17.4 Å². The predicted octanol–water partition coefficient (Wildman–Crippen LogP) is 3.49. The van der Waals surface area contributed by atoms with Crippen molar-refractivity contribution < 1.29 is 4.79 Å². The number of pyridine rings is 1. The van der Waals surface area contributed by atoms with Crippen LogP contribution in [-0.2, 0) is 6.42 Å². The number of hydrogen-bond acceptors (Lipinski definition) is 4. The van der Waals surface area contributed by atoms with E-state index in [9.17, 15) is 4.79 Å². The molecule has 0 saturated carbocycles. The minimum Gasteiger partial charge on any atom is -0.322 e. The van der Waals surface area contributed by atoms with E-state index in [4.69, 9.17) is 0 Å². The number of rotatable bonds is 3. The molecule has 1 aliphatic carbocycles. The monoisotopic (exact) mass is 353 g/mol. The Labute approximate surface area is 155 Å². The Morgan fingerprint density at radius 2 is 1.89 bits per heavy atom. The van der Waals surface area contributed by atoms with Crippen molar-refractivity contribution >= 4 is 11.6 Å². The Morgan fingerprint density at radius 3 is 2.78 bits per heavy atom. The molecule has 0 aliphatic heterocycles. The van der Waals surface area contributed by atoms with Crippen LogP contribution in [0.5, 0.6) is 0 Å². The molecule has 0 spiro atoms. The van der Waals surface area contributed by atoms with Gasteiger partial charge in [0.05, 0.1) is 0 Å². The van der Waals surface area contributed by atoms with E-state index >= 15 is 0 Å². The van der Waals surface area contributed by atoms with Gasteiger partial charge in [-0.3, -0.25) is 4.79 Å². The fourth-order valence-corrected chi connectivity index (χ4v) is 3.44. The van der Waals surface area contributed by atoms with Gasteiger partial charge in [0.1, 0.15) is 12.7 Å². The second kappa shape index (κ2) is 6.17. The first-order valence-corrected chi connectivity index (χ1v) is 8.61. The summed E-state index contributed by atoms with van der Waals surface area (Å²) in [5, 5.41) is 7.02. The quantitative estimate of drug-likeness (QED) is 0.539. The third-order valence-electron chi connectivity index (χ3n) is 4.71. The summed E-state index contributed by atoms with van der Waals surface area (Å²) < 4.78 is 1.52. The minimum atomic E-state index is -0.186. The van der Waals surface area contributed by atoms with Crippen LogP contribution >= 0.6 is 0 Å². The van der Waals surface area contributed by atoms with E-state index in [1.165, 1.54) is 33.3 Å². The highest BCUT2D eigenvalue weighted by atomic mass is 16.1. The molecule has 2 aromatic heterocycles. The average Bonchev–Trinajstić information content (AvgIpc) is 3.35. The van der Waals surface area contributed by atoms with E-state index < -0.39 is 0 Å². The van der Waals surface area contributed by atoms with Crippen LogP contribution in [0.4, 0.5) is 5.69 Å². The number of benzene rings is 2. The van der Waals surface area contributed by atoms with E-state index in [2.05, 4.69) is 50.7 Å². The number of nitrogens with zero attached hydrogens (tertiary/aromatic N) is 4. The molecule has 0 bridgehead atoms. The van der Waals surface area contributed by atoms with Crippen molar-refractivity contribution in [1.29, 1.82) is 0 Å². The number of aromatic nitrogens is 4. The third kappa shape index (κ3) is 2.77. The van der Waals surface area contributed by atoms with Gasteiger partial charge in [0.15, 0.2) is 5.82 Å². The molecule has 0 atom stereocenters. The lowest BCUT2D eigenvalue weighted by Crippen LogP contribution is -2.13. The Kier molecular flexibility index (Phi) is 3.53. The maximum Gasteiger partial charge on any atom is 0.255 e. The SMILES string of the molecule is O=C(Nc1ccc2c(c1)Cc1ccccc1-2)c1ccnc(-n2cncn2)c1. The summed E-state index contributed by atoms with van der Waals surface area (Å²) in [6, 6.07) is 17.8. The second-order valence-electron chi connectivity index (χ2n) is 6.40. The maximum atomic E-state index is 12.7. The third-order valence-corrected chi connectivity index (χ3v) is 4.71. The second-order valence-corrected chi connectivity index (χ2v) is 6.40. The summed E-state index contributed by atoms with van der Waals surface area (Å²) in [6.45, 7) is 0. The van der Waals surface area contributed by atoms with Crippen molar-refractivity contribution in [2.24, 2.45) is 0 Å². The van der Waals surface area contributed by atoms with Crippen molar-refractivity contribution in [3.8, 4) is 16.9 Å². The van der Waals surface area contributed by atoms with Gasteiger partial charge in [-0.15, -0.1) is 0 Å². The number of nitrogens with one attached hydrogen (secondary N) is 1. The summed E-state index contributed by atoms with van der Waals surface area (Å²) in [5.74, 6) is 0.360. The molecule has 1 N–H and O–H groups in total. The Bertz CT molecular complexity index is 1150. The van der Waals surface area contributed by atoms with Gasteiger partial charge in [-0.2, -0.15) is 5.10 Å². The van der Waals surface area contributed by atoms with Gasteiger partial charge in [0.25, 0.3) is 5.91 Å². The topological polar surface area (TPSA) is 72.7 Å². The molecule has 6 heteroatoms. The molecule has 0 saturated heterocycles. The molecule has 5 rings (SSSR count). The van der Waals surface area contributed by atoms with Gasteiger partial charge < -0.3 is 5.32 Å². The highest BCUT2D eigenvalue weighted by Crippen LogP contribution is 2.37. The van der Waals surface area contributed by atoms with E-state index in [0.717, 1.165) is 12.1 Å². The lowest BCUT2D eigenvalue weighted by Gasteiger charge is -2.08. The zero-order chi connectivity index (χ0) is 18.2. The standard InChI is InChI=1S/C21H15N5O/c27-21(15-7-8-23-20(11-15)26-13-22-12-24-26)25-17-5-6-19-16(10-17)9-14-3-1-2-4-18(14)19/h1-8,10-13H,9H2,(H,25,27). The summed E-state index contributed by atoms with van der Waals surface area (Å²) in [5.41, 5.74) is 6.36. The first-order valence-electron chi connectivity index (χ1n) is 8.61. The van der Waals surface area contributed by atoms with E-state index in [1.807, 2.05) is 12.1 Å². The molecule has 130 valence electrons. The van der Waals surface area contributed by atoms with Gasteiger partial charge in [-0.05, 0) is 52.9 Å². The summed E-state index contributed by atoms with van der Waals surface area (Å²) in [4.78, 5) is 20.8. The van der Waals surface area contributed by atoms with Crippen LogP contribution in [0.25, 0.3) is 16.9 Å². The van der Waals surface area contributed by atoms with Crippen LogP contribution in [0, 0.1) is 0 Å². The Hall–Kier alpha value is -3.80. The van der Waals surface area contributed by atoms with Crippen LogP contribution in [-0.4, -0.2) is 25.7 Å². The first-order chi connectivity index (χ1) is 13.3. The first kappa shape index (κ1) is 15.5. The molecule has 1 amide bonds.